The van der Waals surface area contributed by atoms with Gasteiger partial charge in [-0.05, 0) is 50.8 Å². The Hall–Kier alpha value is -2.04. The topological polar surface area (TPSA) is 61.4 Å². The monoisotopic (exact) mass is 331 g/mol. The number of hydrogen-bond donors (Lipinski definition) is 2. The number of piperidine rings is 1. The standard InChI is InChI=1S/C19H29N3O2/c1-5-18(23)21-15-6-7-17(22-10-8-14(4)9-11-22)16(12-15)19(24)20-13(2)3/h6-7,12-14H,5,8-11H2,1-4H3,(H,20,24)(H,21,23). The van der Waals surface area contributed by atoms with Crippen molar-refractivity contribution >= 4 is 23.2 Å². The third-order valence-electron chi connectivity index (χ3n) is 4.39. The third kappa shape index (κ3) is 4.73. The van der Waals surface area contributed by atoms with E-state index in [1.807, 2.05) is 32.9 Å². The van der Waals surface area contributed by atoms with E-state index in [0.29, 0.717) is 17.7 Å². The van der Waals surface area contributed by atoms with Crippen LogP contribution in [-0.2, 0) is 4.79 Å². The molecule has 1 heterocycles. The number of carbonyl (C=O) groups excluding carboxylic acids is 2. The Labute approximate surface area is 144 Å². The highest BCUT2D eigenvalue weighted by Gasteiger charge is 2.22. The number of carbonyl (C=O) groups is 2. The largest absolute Gasteiger partial charge is 0.371 e. The van der Waals surface area contributed by atoms with Crippen LogP contribution in [0.4, 0.5) is 11.4 Å². The molecule has 0 spiro atoms. The van der Waals surface area contributed by atoms with Gasteiger partial charge in [-0.25, -0.2) is 0 Å². The molecule has 5 heteroatoms. The maximum atomic E-state index is 12.6. The van der Waals surface area contributed by atoms with Crippen LogP contribution in [0.1, 0.15) is 57.3 Å². The first-order valence-electron chi connectivity index (χ1n) is 8.90. The molecule has 0 atom stereocenters. The van der Waals surface area contributed by atoms with Crippen molar-refractivity contribution in [3.05, 3.63) is 23.8 Å². The summed E-state index contributed by atoms with van der Waals surface area (Å²) in [5.41, 5.74) is 2.26. The average molecular weight is 331 g/mol. The van der Waals surface area contributed by atoms with Crippen molar-refractivity contribution in [2.45, 2.75) is 53.0 Å². The second-order valence-electron chi connectivity index (χ2n) is 6.93. The predicted octanol–water partition coefficient (Wildman–Crippen LogP) is 3.41. The molecule has 0 unspecified atom stereocenters. The van der Waals surface area contributed by atoms with E-state index < -0.39 is 0 Å². The van der Waals surface area contributed by atoms with Crippen LogP contribution in [0.3, 0.4) is 0 Å². The Morgan fingerprint density at radius 1 is 1.25 bits per heavy atom. The highest BCUT2D eigenvalue weighted by atomic mass is 16.2. The van der Waals surface area contributed by atoms with Crippen LogP contribution in [0.5, 0.6) is 0 Å². The number of anilines is 2. The molecular formula is C19H29N3O2. The van der Waals surface area contributed by atoms with Crippen molar-refractivity contribution in [1.82, 2.24) is 5.32 Å². The third-order valence-corrected chi connectivity index (χ3v) is 4.39. The molecule has 1 aromatic rings. The first kappa shape index (κ1) is 18.3. The maximum Gasteiger partial charge on any atom is 0.253 e. The first-order chi connectivity index (χ1) is 11.4. The molecule has 0 saturated carbocycles. The number of nitrogens with zero attached hydrogens (tertiary/aromatic N) is 1. The van der Waals surface area contributed by atoms with E-state index in [1.165, 1.54) is 0 Å². The van der Waals surface area contributed by atoms with E-state index in [9.17, 15) is 9.59 Å². The molecule has 0 radical (unpaired) electrons. The molecule has 5 nitrogen and oxygen atoms in total. The van der Waals surface area contributed by atoms with Gasteiger partial charge in [0.1, 0.15) is 0 Å². The Morgan fingerprint density at radius 2 is 1.92 bits per heavy atom. The van der Waals surface area contributed by atoms with E-state index in [4.69, 9.17) is 0 Å². The summed E-state index contributed by atoms with van der Waals surface area (Å²) in [5.74, 6) is 0.591. The van der Waals surface area contributed by atoms with E-state index in [0.717, 1.165) is 37.5 Å². The van der Waals surface area contributed by atoms with E-state index in [1.54, 1.807) is 6.07 Å². The molecule has 0 aliphatic carbocycles. The van der Waals surface area contributed by atoms with Crippen molar-refractivity contribution < 1.29 is 9.59 Å². The Kier molecular flexibility index (Phi) is 6.23. The molecule has 2 rings (SSSR count). The quantitative estimate of drug-likeness (QED) is 0.869. The van der Waals surface area contributed by atoms with Crippen LogP contribution in [0.15, 0.2) is 18.2 Å². The van der Waals surface area contributed by atoms with Gasteiger partial charge in [0.25, 0.3) is 5.91 Å². The van der Waals surface area contributed by atoms with E-state index >= 15 is 0 Å². The van der Waals surface area contributed by atoms with Crippen LogP contribution in [0.2, 0.25) is 0 Å². The highest BCUT2D eigenvalue weighted by Crippen LogP contribution is 2.28. The number of nitrogens with one attached hydrogen (secondary N) is 2. The summed E-state index contributed by atoms with van der Waals surface area (Å²) in [7, 11) is 0. The van der Waals surface area contributed by atoms with Gasteiger partial charge in [0.2, 0.25) is 5.91 Å². The maximum absolute atomic E-state index is 12.6. The first-order valence-corrected chi connectivity index (χ1v) is 8.90. The van der Waals surface area contributed by atoms with E-state index in [2.05, 4.69) is 22.5 Å². The molecule has 1 aromatic carbocycles. The van der Waals surface area contributed by atoms with Crippen LogP contribution in [0.25, 0.3) is 0 Å². The lowest BCUT2D eigenvalue weighted by atomic mass is 9.97. The summed E-state index contributed by atoms with van der Waals surface area (Å²) >= 11 is 0. The normalized spacial score (nSPS) is 15.5. The molecule has 1 fully saturated rings. The molecular weight excluding hydrogens is 302 g/mol. The predicted molar refractivity (Wildman–Crippen MR) is 98.6 cm³/mol. The number of rotatable bonds is 5. The van der Waals surface area contributed by atoms with Crippen LogP contribution in [0, 0.1) is 5.92 Å². The fourth-order valence-corrected chi connectivity index (χ4v) is 2.91. The fourth-order valence-electron chi connectivity index (χ4n) is 2.91. The fraction of sp³-hybridized carbons (Fsp3) is 0.579. The average Bonchev–Trinajstić information content (AvgIpc) is 2.55. The molecule has 1 aliphatic rings. The SMILES string of the molecule is CCC(=O)Nc1ccc(N2CCC(C)CC2)c(C(=O)NC(C)C)c1. The number of amides is 2. The second-order valence-corrected chi connectivity index (χ2v) is 6.93. The summed E-state index contributed by atoms with van der Waals surface area (Å²) in [5, 5.41) is 5.80. The van der Waals surface area contributed by atoms with Gasteiger partial charge in [0.15, 0.2) is 0 Å². The zero-order valence-electron chi connectivity index (χ0n) is 15.2. The molecule has 24 heavy (non-hydrogen) atoms. The highest BCUT2D eigenvalue weighted by molar-refractivity contribution is 6.02. The molecule has 2 amide bonds. The van der Waals surface area contributed by atoms with Gasteiger partial charge in [-0.1, -0.05) is 13.8 Å². The van der Waals surface area contributed by atoms with Gasteiger partial charge >= 0.3 is 0 Å². The smallest absolute Gasteiger partial charge is 0.253 e. The lowest BCUT2D eigenvalue weighted by Crippen LogP contribution is -2.36. The lowest BCUT2D eigenvalue weighted by molar-refractivity contribution is -0.115. The minimum absolute atomic E-state index is 0.0511. The molecule has 132 valence electrons. The zero-order valence-corrected chi connectivity index (χ0v) is 15.2. The Morgan fingerprint density at radius 3 is 2.50 bits per heavy atom. The summed E-state index contributed by atoms with van der Waals surface area (Å²) in [4.78, 5) is 26.6. The number of hydrogen-bond acceptors (Lipinski definition) is 3. The molecule has 0 aromatic heterocycles. The minimum Gasteiger partial charge on any atom is -0.371 e. The van der Waals surface area contributed by atoms with Crippen molar-refractivity contribution in [3.63, 3.8) is 0 Å². The molecule has 0 bridgehead atoms. The second kappa shape index (κ2) is 8.18. The Bertz CT molecular complexity index is 590. The summed E-state index contributed by atoms with van der Waals surface area (Å²) < 4.78 is 0. The molecule has 1 aliphatic heterocycles. The van der Waals surface area contributed by atoms with Gasteiger partial charge in [-0.2, -0.15) is 0 Å². The lowest BCUT2D eigenvalue weighted by Gasteiger charge is -2.33. The van der Waals surface area contributed by atoms with Gasteiger partial charge < -0.3 is 15.5 Å². The molecule has 1 saturated heterocycles. The van der Waals surface area contributed by atoms with Crippen molar-refractivity contribution in [2.75, 3.05) is 23.3 Å². The minimum atomic E-state index is -0.0915. The van der Waals surface area contributed by atoms with Crippen LogP contribution in [-0.4, -0.2) is 30.9 Å². The Balaban J connectivity index is 2.30. The van der Waals surface area contributed by atoms with Crippen molar-refractivity contribution in [3.8, 4) is 0 Å². The molecule has 2 N–H and O–H groups in total. The summed E-state index contributed by atoms with van der Waals surface area (Å²) in [6.07, 6.45) is 2.69. The van der Waals surface area contributed by atoms with Gasteiger partial charge in [-0.3, -0.25) is 9.59 Å². The van der Waals surface area contributed by atoms with Gasteiger partial charge in [0.05, 0.1) is 5.56 Å². The number of benzene rings is 1. The van der Waals surface area contributed by atoms with Crippen LogP contribution < -0.4 is 15.5 Å². The van der Waals surface area contributed by atoms with Gasteiger partial charge in [0, 0.05) is 36.9 Å². The van der Waals surface area contributed by atoms with Crippen molar-refractivity contribution in [2.24, 2.45) is 5.92 Å². The summed E-state index contributed by atoms with van der Waals surface area (Å²) in [6, 6.07) is 5.70. The summed E-state index contributed by atoms with van der Waals surface area (Å²) in [6.45, 7) is 9.90. The van der Waals surface area contributed by atoms with Gasteiger partial charge in [-0.15, -0.1) is 0 Å². The zero-order chi connectivity index (χ0) is 17.7. The van der Waals surface area contributed by atoms with E-state index in [-0.39, 0.29) is 17.9 Å². The van der Waals surface area contributed by atoms with Crippen molar-refractivity contribution in [1.29, 1.82) is 0 Å². The van der Waals surface area contributed by atoms with Crippen LogP contribution >= 0.6 is 0 Å².